The van der Waals surface area contributed by atoms with Crippen molar-refractivity contribution in [3.8, 4) is 0 Å². The van der Waals surface area contributed by atoms with Crippen LogP contribution in [0.1, 0.15) is 26.7 Å². The lowest BCUT2D eigenvalue weighted by Crippen LogP contribution is -2.50. The van der Waals surface area contributed by atoms with E-state index in [0.717, 1.165) is 50.6 Å². The Morgan fingerprint density at radius 3 is 2.60 bits per heavy atom. The van der Waals surface area contributed by atoms with Crippen molar-refractivity contribution in [2.75, 3.05) is 39.4 Å². The average molecular weight is 278 g/mol. The number of fused-ring (bicyclic) bond motifs is 2. The van der Waals surface area contributed by atoms with E-state index in [-0.39, 0.29) is 0 Å². The number of hydrogen-bond donors (Lipinski definition) is 1. The average Bonchev–Trinajstić information content (AvgIpc) is 3.06. The molecular formula is C17H30N2O. The summed E-state index contributed by atoms with van der Waals surface area (Å²) in [5.41, 5.74) is 0. The SMILES string of the molecule is CC(C)C(CNCC1CC2C=CC1C2)N1CCOCC1. The van der Waals surface area contributed by atoms with Crippen LogP contribution in [0, 0.1) is 23.7 Å². The van der Waals surface area contributed by atoms with Gasteiger partial charge >= 0.3 is 0 Å². The summed E-state index contributed by atoms with van der Waals surface area (Å²) in [5.74, 6) is 3.36. The van der Waals surface area contributed by atoms with Gasteiger partial charge in [-0.2, -0.15) is 0 Å². The van der Waals surface area contributed by atoms with Gasteiger partial charge in [0.15, 0.2) is 0 Å². The van der Waals surface area contributed by atoms with E-state index >= 15 is 0 Å². The third-order valence-corrected chi connectivity index (χ3v) is 5.46. The molecule has 0 aromatic rings. The van der Waals surface area contributed by atoms with Crippen LogP contribution in [-0.2, 0) is 4.74 Å². The summed E-state index contributed by atoms with van der Waals surface area (Å²) >= 11 is 0. The van der Waals surface area contributed by atoms with Crippen molar-refractivity contribution >= 4 is 0 Å². The van der Waals surface area contributed by atoms with Gasteiger partial charge in [-0.05, 0) is 43.1 Å². The van der Waals surface area contributed by atoms with Crippen molar-refractivity contribution in [2.24, 2.45) is 23.7 Å². The number of allylic oxidation sites excluding steroid dienone is 2. The zero-order valence-electron chi connectivity index (χ0n) is 13.1. The fourth-order valence-electron chi connectivity index (χ4n) is 4.24. The van der Waals surface area contributed by atoms with Gasteiger partial charge in [0, 0.05) is 25.7 Å². The summed E-state index contributed by atoms with van der Waals surface area (Å²) < 4.78 is 5.48. The summed E-state index contributed by atoms with van der Waals surface area (Å²) in [6.45, 7) is 11.0. The summed E-state index contributed by atoms with van der Waals surface area (Å²) in [4.78, 5) is 2.61. The second-order valence-electron chi connectivity index (χ2n) is 7.16. The van der Waals surface area contributed by atoms with Crippen LogP contribution in [0.25, 0.3) is 0 Å². The van der Waals surface area contributed by atoms with E-state index in [4.69, 9.17) is 4.74 Å². The van der Waals surface area contributed by atoms with E-state index in [9.17, 15) is 0 Å². The van der Waals surface area contributed by atoms with Crippen LogP contribution in [0.5, 0.6) is 0 Å². The molecule has 2 bridgehead atoms. The summed E-state index contributed by atoms with van der Waals surface area (Å²) in [5, 5.41) is 3.77. The molecule has 4 unspecified atom stereocenters. The van der Waals surface area contributed by atoms with Crippen LogP contribution in [-0.4, -0.2) is 50.3 Å². The van der Waals surface area contributed by atoms with Crippen molar-refractivity contribution in [2.45, 2.75) is 32.7 Å². The van der Waals surface area contributed by atoms with E-state index in [1.54, 1.807) is 0 Å². The van der Waals surface area contributed by atoms with E-state index < -0.39 is 0 Å². The van der Waals surface area contributed by atoms with Gasteiger partial charge in [0.05, 0.1) is 13.2 Å². The Bertz CT molecular complexity index is 336. The lowest BCUT2D eigenvalue weighted by molar-refractivity contribution is 0.00633. The lowest BCUT2D eigenvalue weighted by atomic mass is 9.93. The van der Waals surface area contributed by atoms with E-state index in [1.807, 2.05) is 0 Å². The van der Waals surface area contributed by atoms with Crippen molar-refractivity contribution in [1.29, 1.82) is 0 Å². The van der Waals surface area contributed by atoms with Gasteiger partial charge in [-0.3, -0.25) is 4.90 Å². The minimum absolute atomic E-state index is 0.660. The van der Waals surface area contributed by atoms with Crippen molar-refractivity contribution in [1.82, 2.24) is 10.2 Å². The largest absolute Gasteiger partial charge is 0.379 e. The molecule has 1 N–H and O–H groups in total. The number of nitrogens with zero attached hydrogens (tertiary/aromatic N) is 1. The molecule has 3 aliphatic rings. The molecule has 2 fully saturated rings. The molecule has 4 atom stereocenters. The van der Waals surface area contributed by atoms with Gasteiger partial charge in [-0.1, -0.05) is 26.0 Å². The zero-order chi connectivity index (χ0) is 13.9. The fraction of sp³-hybridized carbons (Fsp3) is 0.882. The first kappa shape index (κ1) is 14.6. The Hall–Kier alpha value is -0.380. The second-order valence-corrected chi connectivity index (χ2v) is 7.16. The normalized spacial score (nSPS) is 35.0. The van der Waals surface area contributed by atoms with Crippen molar-refractivity contribution in [3.63, 3.8) is 0 Å². The molecular weight excluding hydrogens is 248 g/mol. The molecule has 0 spiro atoms. The van der Waals surface area contributed by atoms with Crippen molar-refractivity contribution < 1.29 is 4.74 Å². The topological polar surface area (TPSA) is 24.5 Å². The molecule has 2 aliphatic carbocycles. The highest BCUT2D eigenvalue weighted by molar-refractivity contribution is 5.10. The molecule has 0 radical (unpaired) electrons. The molecule has 0 aromatic carbocycles. The highest BCUT2D eigenvalue weighted by atomic mass is 16.5. The highest BCUT2D eigenvalue weighted by Crippen LogP contribution is 2.42. The Morgan fingerprint density at radius 2 is 2.00 bits per heavy atom. The third kappa shape index (κ3) is 3.26. The molecule has 114 valence electrons. The van der Waals surface area contributed by atoms with Crippen LogP contribution in [0.2, 0.25) is 0 Å². The summed E-state index contributed by atoms with van der Waals surface area (Å²) in [6.07, 6.45) is 7.73. The molecule has 3 rings (SSSR count). The molecule has 20 heavy (non-hydrogen) atoms. The molecule has 0 aromatic heterocycles. The maximum absolute atomic E-state index is 5.48. The molecule has 1 saturated heterocycles. The zero-order valence-corrected chi connectivity index (χ0v) is 13.1. The summed E-state index contributed by atoms with van der Waals surface area (Å²) in [7, 11) is 0. The predicted octanol–water partition coefficient (Wildman–Crippen LogP) is 2.15. The van der Waals surface area contributed by atoms with Gasteiger partial charge in [0.25, 0.3) is 0 Å². The summed E-state index contributed by atoms with van der Waals surface area (Å²) in [6, 6.07) is 0.660. The van der Waals surface area contributed by atoms with Gasteiger partial charge < -0.3 is 10.1 Å². The Kier molecular flexibility index (Phi) is 4.79. The fourth-order valence-corrected chi connectivity index (χ4v) is 4.24. The van der Waals surface area contributed by atoms with E-state index in [1.165, 1.54) is 19.4 Å². The first-order valence-corrected chi connectivity index (χ1v) is 8.45. The number of morpholine rings is 1. The molecule has 3 heteroatoms. The smallest absolute Gasteiger partial charge is 0.0594 e. The van der Waals surface area contributed by atoms with Crippen molar-refractivity contribution in [3.05, 3.63) is 12.2 Å². The standard InChI is InChI=1S/C17H30N2O/c1-13(2)17(19-5-7-20-8-6-19)12-18-11-16-10-14-3-4-15(16)9-14/h3-4,13-18H,5-12H2,1-2H3. The number of rotatable bonds is 6. The third-order valence-electron chi connectivity index (χ3n) is 5.46. The number of nitrogens with one attached hydrogen (secondary N) is 1. The minimum atomic E-state index is 0.660. The van der Waals surface area contributed by atoms with Gasteiger partial charge in [-0.15, -0.1) is 0 Å². The first-order chi connectivity index (χ1) is 9.74. The molecule has 3 nitrogen and oxygen atoms in total. The molecule has 1 aliphatic heterocycles. The van der Waals surface area contributed by atoms with Crippen LogP contribution < -0.4 is 5.32 Å². The predicted molar refractivity (Wildman–Crippen MR) is 82.7 cm³/mol. The Balaban J connectivity index is 1.44. The van der Waals surface area contributed by atoms with Gasteiger partial charge in [0.1, 0.15) is 0 Å². The van der Waals surface area contributed by atoms with Crippen LogP contribution in [0.4, 0.5) is 0 Å². The number of hydrogen-bond acceptors (Lipinski definition) is 3. The first-order valence-electron chi connectivity index (χ1n) is 8.45. The highest BCUT2D eigenvalue weighted by Gasteiger charge is 2.35. The number of ether oxygens (including phenoxy) is 1. The van der Waals surface area contributed by atoms with E-state index in [2.05, 4.69) is 36.2 Å². The molecule has 1 heterocycles. The molecule has 1 saturated carbocycles. The van der Waals surface area contributed by atoms with Crippen LogP contribution in [0.3, 0.4) is 0 Å². The quantitative estimate of drug-likeness (QED) is 0.754. The maximum Gasteiger partial charge on any atom is 0.0594 e. The molecule has 0 amide bonds. The van der Waals surface area contributed by atoms with Gasteiger partial charge in [-0.25, -0.2) is 0 Å². The minimum Gasteiger partial charge on any atom is -0.379 e. The Morgan fingerprint density at radius 1 is 1.20 bits per heavy atom. The van der Waals surface area contributed by atoms with Gasteiger partial charge in [0.2, 0.25) is 0 Å². The Labute approximate surface area is 123 Å². The van der Waals surface area contributed by atoms with E-state index in [0.29, 0.717) is 12.0 Å². The van der Waals surface area contributed by atoms with Crippen LogP contribution in [0.15, 0.2) is 12.2 Å². The maximum atomic E-state index is 5.48. The van der Waals surface area contributed by atoms with Crippen LogP contribution >= 0.6 is 0 Å². The lowest BCUT2D eigenvalue weighted by Gasteiger charge is -2.37. The second kappa shape index (κ2) is 6.59. The monoisotopic (exact) mass is 278 g/mol.